The van der Waals surface area contributed by atoms with Crippen LogP contribution in [-0.4, -0.2) is 48.3 Å². The third-order valence-electron chi connectivity index (χ3n) is 4.57. The maximum absolute atomic E-state index is 6.19. The van der Waals surface area contributed by atoms with Crippen molar-refractivity contribution >= 4 is 0 Å². The van der Waals surface area contributed by atoms with Gasteiger partial charge >= 0.3 is 0 Å². The van der Waals surface area contributed by atoms with E-state index in [1.807, 2.05) is 0 Å². The van der Waals surface area contributed by atoms with Crippen LogP contribution in [0.2, 0.25) is 0 Å². The number of nitrogens with zero attached hydrogens (tertiary/aromatic N) is 1. The normalized spacial score (nSPS) is 33.5. The molecule has 0 spiro atoms. The van der Waals surface area contributed by atoms with Gasteiger partial charge in [-0.05, 0) is 59.4 Å². The molecule has 3 nitrogen and oxygen atoms in total. The summed E-state index contributed by atoms with van der Waals surface area (Å²) in [5, 5.41) is 3.75. The third-order valence-corrected chi connectivity index (χ3v) is 4.57. The molecule has 118 valence electrons. The summed E-state index contributed by atoms with van der Waals surface area (Å²) < 4.78 is 6.19. The summed E-state index contributed by atoms with van der Waals surface area (Å²) in [7, 11) is 0. The van der Waals surface area contributed by atoms with Crippen LogP contribution in [-0.2, 0) is 4.74 Å². The van der Waals surface area contributed by atoms with Crippen LogP contribution in [0.4, 0.5) is 0 Å². The minimum atomic E-state index is -0.0211. The Morgan fingerprint density at radius 3 is 2.35 bits per heavy atom. The van der Waals surface area contributed by atoms with E-state index in [9.17, 15) is 0 Å². The molecule has 2 rings (SSSR count). The highest BCUT2D eigenvalue weighted by atomic mass is 16.5. The van der Waals surface area contributed by atoms with E-state index in [2.05, 4.69) is 44.8 Å². The van der Waals surface area contributed by atoms with Crippen molar-refractivity contribution in [1.29, 1.82) is 0 Å². The summed E-state index contributed by atoms with van der Waals surface area (Å²) in [6.45, 7) is 15.7. The lowest BCUT2D eigenvalue weighted by molar-refractivity contribution is -0.182. The zero-order valence-corrected chi connectivity index (χ0v) is 14.2. The quantitative estimate of drug-likeness (QED) is 0.839. The fourth-order valence-electron chi connectivity index (χ4n) is 4.26. The van der Waals surface area contributed by atoms with Gasteiger partial charge in [-0.2, -0.15) is 0 Å². The van der Waals surface area contributed by atoms with Gasteiger partial charge in [0.25, 0.3) is 0 Å². The molecule has 1 saturated carbocycles. The Kier molecular flexibility index (Phi) is 5.14. The van der Waals surface area contributed by atoms with E-state index in [0.717, 1.165) is 25.0 Å². The van der Waals surface area contributed by atoms with E-state index >= 15 is 0 Å². The molecular weight excluding hydrogens is 248 g/mol. The number of hydrogen-bond acceptors (Lipinski definition) is 3. The van der Waals surface area contributed by atoms with Crippen LogP contribution in [0.1, 0.15) is 60.3 Å². The molecule has 1 N–H and O–H groups in total. The van der Waals surface area contributed by atoms with Gasteiger partial charge in [-0.15, -0.1) is 0 Å². The Morgan fingerprint density at radius 1 is 1.10 bits per heavy atom. The maximum Gasteiger partial charge on any atom is 0.0760 e. The summed E-state index contributed by atoms with van der Waals surface area (Å²) in [5.41, 5.74) is -0.0423. The molecule has 0 aromatic rings. The fourth-order valence-corrected chi connectivity index (χ4v) is 4.26. The molecule has 1 aliphatic heterocycles. The van der Waals surface area contributed by atoms with Crippen molar-refractivity contribution in [2.24, 2.45) is 5.92 Å². The van der Waals surface area contributed by atoms with Gasteiger partial charge in [-0.1, -0.05) is 13.3 Å². The SMILES string of the molecule is CCCNC1CCCC1CN1CC(C)(C)OC(C)(C)C1. The molecule has 2 aliphatic rings. The van der Waals surface area contributed by atoms with Gasteiger partial charge in [0, 0.05) is 25.7 Å². The molecule has 1 heterocycles. The fraction of sp³-hybridized carbons (Fsp3) is 1.00. The second-order valence-electron chi connectivity index (χ2n) is 8.04. The first-order chi connectivity index (χ1) is 9.31. The zero-order valence-electron chi connectivity index (χ0n) is 14.2. The average Bonchev–Trinajstić information content (AvgIpc) is 2.69. The molecule has 0 radical (unpaired) electrons. The number of hydrogen-bond donors (Lipinski definition) is 1. The molecule has 0 aromatic carbocycles. The predicted molar refractivity (Wildman–Crippen MR) is 85.1 cm³/mol. The third kappa shape index (κ3) is 4.44. The van der Waals surface area contributed by atoms with Gasteiger partial charge in [0.05, 0.1) is 11.2 Å². The number of rotatable bonds is 5. The number of morpholine rings is 1. The van der Waals surface area contributed by atoms with Gasteiger partial charge in [-0.3, -0.25) is 4.90 Å². The van der Waals surface area contributed by atoms with Crippen molar-refractivity contribution in [3.8, 4) is 0 Å². The Labute approximate surface area is 125 Å². The minimum absolute atomic E-state index is 0.0211. The van der Waals surface area contributed by atoms with E-state index in [1.165, 1.54) is 38.8 Å². The van der Waals surface area contributed by atoms with E-state index in [0.29, 0.717) is 0 Å². The van der Waals surface area contributed by atoms with Crippen LogP contribution in [0.15, 0.2) is 0 Å². The van der Waals surface area contributed by atoms with Crippen molar-refractivity contribution in [2.45, 2.75) is 77.5 Å². The van der Waals surface area contributed by atoms with Crippen LogP contribution in [0.25, 0.3) is 0 Å². The molecule has 0 bridgehead atoms. The van der Waals surface area contributed by atoms with Crippen molar-refractivity contribution < 1.29 is 4.74 Å². The van der Waals surface area contributed by atoms with Crippen molar-refractivity contribution in [3.63, 3.8) is 0 Å². The highest BCUT2D eigenvalue weighted by molar-refractivity contribution is 4.92. The lowest BCUT2D eigenvalue weighted by Gasteiger charge is -2.48. The van der Waals surface area contributed by atoms with Crippen molar-refractivity contribution in [2.75, 3.05) is 26.2 Å². The predicted octanol–water partition coefficient (Wildman–Crippen LogP) is 3.04. The van der Waals surface area contributed by atoms with Crippen molar-refractivity contribution in [1.82, 2.24) is 10.2 Å². The Morgan fingerprint density at radius 2 is 1.75 bits per heavy atom. The molecule has 2 atom stereocenters. The lowest BCUT2D eigenvalue weighted by atomic mass is 9.96. The number of ether oxygens (including phenoxy) is 1. The van der Waals surface area contributed by atoms with E-state index in [1.54, 1.807) is 0 Å². The first-order valence-electron chi connectivity index (χ1n) is 8.47. The second kappa shape index (κ2) is 6.33. The maximum atomic E-state index is 6.19. The van der Waals surface area contributed by atoms with Gasteiger partial charge < -0.3 is 10.1 Å². The van der Waals surface area contributed by atoms with E-state index < -0.39 is 0 Å². The summed E-state index contributed by atoms with van der Waals surface area (Å²) in [6, 6.07) is 0.740. The molecule has 0 aromatic heterocycles. The number of nitrogens with one attached hydrogen (secondary N) is 1. The smallest absolute Gasteiger partial charge is 0.0760 e. The first-order valence-corrected chi connectivity index (χ1v) is 8.47. The first kappa shape index (κ1) is 16.3. The van der Waals surface area contributed by atoms with E-state index in [4.69, 9.17) is 4.74 Å². The van der Waals surface area contributed by atoms with Crippen LogP contribution in [0.3, 0.4) is 0 Å². The molecule has 1 aliphatic carbocycles. The van der Waals surface area contributed by atoms with Crippen LogP contribution < -0.4 is 5.32 Å². The topological polar surface area (TPSA) is 24.5 Å². The van der Waals surface area contributed by atoms with Crippen molar-refractivity contribution in [3.05, 3.63) is 0 Å². The summed E-state index contributed by atoms with van der Waals surface area (Å²) in [6.07, 6.45) is 5.38. The zero-order chi connectivity index (χ0) is 14.8. The van der Waals surface area contributed by atoms with Gasteiger partial charge in [0.1, 0.15) is 0 Å². The summed E-state index contributed by atoms with van der Waals surface area (Å²) in [4.78, 5) is 2.64. The van der Waals surface area contributed by atoms with Gasteiger partial charge in [0.15, 0.2) is 0 Å². The van der Waals surface area contributed by atoms with Gasteiger partial charge in [-0.25, -0.2) is 0 Å². The summed E-state index contributed by atoms with van der Waals surface area (Å²) >= 11 is 0. The minimum Gasteiger partial charge on any atom is -0.367 e. The lowest BCUT2D eigenvalue weighted by Crippen LogP contribution is -2.58. The molecule has 1 saturated heterocycles. The summed E-state index contributed by atoms with van der Waals surface area (Å²) in [5.74, 6) is 0.825. The molecule has 3 heteroatoms. The largest absolute Gasteiger partial charge is 0.367 e. The highest BCUT2D eigenvalue weighted by Crippen LogP contribution is 2.32. The molecular formula is C17H34N2O. The molecule has 2 fully saturated rings. The Bertz CT molecular complexity index is 298. The van der Waals surface area contributed by atoms with Crippen LogP contribution in [0, 0.1) is 5.92 Å². The Balaban J connectivity index is 1.91. The van der Waals surface area contributed by atoms with Crippen LogP contribution in [0.5, 0.6) is 0 Å². The monoisotopic (exact) mass is 282 g/mol. The molecule has 2 unspecified atom stereocenters. The Hall–Kier alpha value is -0.120. The van der Waals surface area contributed by atoms with Gasteiger partial charge in [0.2, 0.25) is 0 Å². The second-order valence-corrected chi connectivity index (χ2v) is 8.04. The average molecular weight is 282 g/mol. The molecule has 20 heavy (non-hydrogen) atoms. The highest BCUT2D eigenvalue weighted by Gasteiger charge is 2.39. The standard InChI is InChI=1S/C17H34N2O/c1-6-10-18-15-9-7-8-14(15)11-19-12-16(2,3)20-17(4,5)13-19/h14-15,18H,6-13H2,1-5H3. The molecule has 0 amide bonds. The van der Waals surface area contributed by atoms with E-state index in [-0.39, 0.29) is 11.2 Å². The van der Waals surface area contributed by atoms with Crippen LogP contribution >= 0.6 is 0 Å².